The molecule has 11 heteroatoms. The minimum absolute atomic E-state index is 0.0173. The van der Waals surface area contributed by atoms with Gasteiger partial charge in [0.1, 0.15) is 26.1 Å². The largest absolute Gasteiger partial charge is 0.473 e. The molecule has 226 valence electrons. The third kappa shape index (κ3) is 8.07. The molecule has 1 aromatic rings. The van der Waals surface area contributed by atoms with Crippen LogP contribution in [0.4, 0.5) is 4.79 Å². The number of carbonyl (C=O) groups excluding carboxylic acids is 3. The van der Waals surface area contributed by atoms with Crippen molar-refractivity contribution < 1.29 is 28.6 Å². The van der Waals surface area contributed by atoms with Gasteiger partial charge in [0.15, 0.2) is 5.88 Å². The van der Waals surface area contributed by atoms with Gasteiger partial charge in [-0.1, -0.05) is 31.7 Å². The number of unbranched alkanes of at least 4 members (excludes halogenated alkanes) is 2. The summed E-state index contributed by atoms with van der Waals surface area (Å²) in [4.78, 5) is 50.4. The van der Waals surface area contributed by atoms with Crippen molar-refractivity contribution in [2.45, 2.75) is 115 Å². The number of aromatic nitrogens is 1. The minimum Gasteiger partial charge on any atom is -0.473 e. The molecular formula is C30H46BN3O7. The Bertz CT molecular complexity index is 1110. The van der Waals surface area contributed by atoms with E-state index in [0.717, 1.165) is 44.9 Å². The van der Waals surface area contributed by atoms with E-state index < -0.39 is 18.1 Å². The first-order valence-corrected chi connectivity index (χ1v) is 15.4. The van der Waals surface area contributed by atoms with Crippen molar-refractivity contribution in [3.8, 4) is 5.88 Å². The molecule has 0 unspecified atom stereocenters. The second-order valence-corrected chi connectivity index (χ2v) is 12.1. The van der Waals surface area contributed by atoms with E-state index in [4.69, 9.17) is 14.2 Å². The predicted molar refractivity (Wildman–Crippen MR) is 157 cm³/mol. The number of amides is 2. The lowest BCUT2D eigenvalue weighted by molar-refractivity contribution is -0.148. The van der Waals surface area contributed by atoms with Gasteiger partial charge in [0.2, 0.25) is 12.0 Å². The summed E-state index contributed by atoms with van der Waals surface area (Å²) in [6, 6.07) is 3.00. The highest BCUT2D eigenvalue weighted by Gasteiger charge is 2.38. The maximum absolute atomic E-state index is 13.0. The van der Waals surface area contributed by atoms with E-state index in [2.05, 4.69) is 12.2 Å². The Labute approximate surface area is 243 Å². The van der Waals surface area contributed by atoms with Crippen LogP contribution in [-0.4, -0.2) is 73.7 Å². The maximum Gasteiger partial charge on any atom is 0.407 e. The highest BCUT2D eigenvalue weighted by atomic mass is 16.6. The molecule has 0 spiro atoms. The molecule has 3 aliphatic rings. The molecular weight excluding hydrogens is 525 g/mol. The summed E-state index contributed by atoms with van der Waals surface area (Å²) in [6.45, 7) is 2.87. The van der Waals surface area contributed by atoms with E-state index in [1.807, 2.05) is 0 Å². The van der Waals surface area contributed by atoms with Crippen LogP contribution in [0.3, 0.4) is 0 Å². The van der Waals surface area contributed by atoms with Gasteiger partial charge in [0.05, 0.1) is 13.7 Å². The quantitative estimate of drug-likeness (QED) is 0.167. The van der Waals surface area contributed by atoms with Gasteiger partial charge >= 0.3 is 12.1 Å². The Morgan fingerprint density at radius 3 is 2.63 bits per heavy atom. The number of esters is 1. The molecule has 0 aromatic carbocycles. The number of hydrogen-bond donors (Lipinski definition) is 1. The van der Waals surface area contributed by atoms with E-state index in [-0.39, 0.29) is 30.3 Å². The number of nitrogens with one attached hydrogen (secondary N) is 1. The van der Waals surface area contributed by atoms with E-state index in [1.165, 1.54) is 37.7 Å². The molecule has 5 atom stereocenters. The Morgan fingerprint density at radius 1 is 1.12 bits per heavy atom. The number of hydrogen-bond acceptors (Lipinski definition) is 7. The number of rotatable bonds is 13. The molecule has 0 bridgehead atoms. The average Bonchev–Trinajstić information content (AvgIpc) is 3.73. The molecule has 41 heavy (non-hydrogen) atoms. The van der Waals surface area contributed by atoms with Crippen molar-refractivity contribution in [3.05, 3.63) is 22.5 Å². The molecule has 4 rings (SSSR count). The van der Waals surface area contributed by atoms with E-state index in [0.29, 0.717) is 42.6 Å². The van der Waals surface area contributed by atoms with Crippen LogP contribution >= 0.6 is 0 Å². The van der Waals surface area contributed by atoms with Crippen LogP contribution < -0.4 is 21.1 Å². The number of likely N-dealkylation sites (tertiary alicyclic amines) is 1. The first-order chi connectivity index (χ1) is 19.8. The molecule has 0 radical (unpaired) electrons. The lowest BCUT2D eigenvalue weighted by atomic mass is 9.97. The van der Waals surface area contributed by atoms with Crippen LogP contribution in [0.25, 0.3) is 0 Å². The van der Waals surface area contributed by atoms with Gasteiger partial charge < -0.3 is 24.4 Å². The SMILES string of the molecule is Bc1ccc(O[C@@H]2C[C@@H](C(=O)OC)N(C=O)C2)n(CCCCC[C@@H]2CCC[C@H]2OC(=O)N[C@H](C)C2CCCC2)c1=O. The molecule has 2 saturated carbocycles. The van der Waals surface area contributed by atoms with Gasteiger partial charge in [-0.3, -0.25) is 14.2 Å². The number of ether oxygens (including phenoxy) is 3. The fraction of sp³-hybridized carbons (Fsp3) is 0.733. The maximum atomic E-state index is 13.0. The lowest BCUT2D eigenvalue weighted by Gasteiger charge is -2.24. The third-order valence-electron chi connectivity index (χ3n) is 9.28. The van der Waals surface area contributed by atoms with Crippen molar-refractivity contribution in [1.82, 2.24) is 14.8 Å². The van der Waals surface area contributed by atoms with Crippen molar-refractivity contribution in [1.29, 1.82) is 0 Å². The summed E-state index contributed by atoms with van der Waals surface area (Å²) >= 11 is 0. The minimum atomic E-state index is -0.682. The summed E-state index contributed by atoms with van der Waals surface area (Å²) in [5, 5.41) is 3.07. The zero-order valence-electron chi connectivity index (χ0n) is 24.8. The van der Waals surface area contributed by atoms with Crippen LogP contribution in [0.5, 0.6) is 5.88 Å². The Kier molecular flexibility index (Phi) is 11.2. The highest BCUT2D eigenvalue weighted by molar-refractivity contribution is 6.31. The summed E-state index contributed by atoms with van der Waals surface area (Å²) in [7, 11) is 3.08. The monoisotopic (exact) mass is 571 g/mol. The zero-order chi connectivity index (χ0) is 29.4. The Hall–Kier alpha value is -2.98. The number of pyridine rings is 1. The molecule has 1 aliphatic heterocycles. The molecule has 3 fully saturated rings. The van der Waals surface area contributed by atoms with Crippen molar-refractivity contribution in [3.63, 3.8) is 0 Å². The molecule has 2 amide bonds. The van der Waals surface area contributed by atoms with E-state index in [9.17, 15) is 19.2 Å². The summed E-state index contributed by atoms with van der Waals surface area (Å²) < 4.78 is 18.5. The Morgan fingerprint density at radius 2 is 1.90 bits per heavy atom. The van der Waals surface area contributed by atoms with Crippen LogP contribution in [0.2, 0.25) is 0 Å². The van der Waals surface area contributed by atoms with Gasteiger partial charge in [-0.2, -0.15) is 0 Å². The van der Waals surface area contributed by atoms with Crippen LogP contribution in [0, 0.1) is 11.8 Å². The number of methoxy groups -OCH3 is 1. The third-order valence-corrected chi connectivity index (χ3v) is 9.28. The first-order valence-electron chi connectivity index (χ1n) is 15.4. The van der Waals surface area contributed by atoms with Gasteiger partial charge in [0, 0.05) is 19.0 Å². The number of carbonyl (C=O) groups is 3. The second kappa shape index (κ2) is 14.8. The molecule has 2 aliphatic carbocycles. The van der Waals surface area contributed by atoms with Gasteiger partial charge in [0.25, 0.3) is 0 Å². The van der Waals surface area contributed by atoms with E-state index >= 15 is 0 Å². The van der Waals surface area contributed by atoms with Crippen molar-refractivity contribution in [2.75, 3.05) is 13.7 Å². The van der Waals surface area contributed by atoms with Crippen molar-refractivity contribution in [2.24, 2.45) is 11.8 Å². The van der Waals surface area contributed by atoms with Crippen LogP contribution in [-0.2, 0) is 25.6 Å². The molecule has 2 heterocycles. The fourth-order valence-corrected chi connectivity index (χ4v) is 6.82. The molecule has 1 saturated heterocycles. The molecule has 1 N–H and O–H groups in total. The molecule has 10 nitrogen and oxygen atoms in total. The second-order valence-electron chi connectivity index (χ2n) is 12.1. The standard InChI is InChI=1S/C30H46BN3O7/c1-20(21-9-5-6-10-21)32-30(38)41-26-13-8-12-22(26)11-4-3-7-16-34-27(15-14-24(31)28(34)36)40-23-17-25(29(37)39-2)33(18-23)19-35/h14-15,19-23,25-26H,3-13,16-18,31H2,1-2H3,(H,32,38)/t20-,22-,23-,25+,26-/m1/s1. The predicted octanol–water partition coefficient (Wildman–Crippen LogP) is 2.29. The topological polar surface area (TPSA) is 116 Å². The highest BCUT2D eigenvalue weighted by Crippen LogP contribution is 2.33. The average molecular weight is 572 g/mol. The summed E-state index contributed by atoms with van der Waals surface area (Å²) in [5.41, 5.74) is 0.538. The smallest absolute Gasteiger partial charge is 0.407 e. The zero-order valence-corrected chi connectivity index (χ0v) is 24.8. The van der Waals surface area contributed by atoms with Crippen LogP contribution in [0.1, 0.15) is 84.0 Å². The number of alkyl carbamates (subject to hydrolysis) is 1. The lowest BCUT2D eigenvalue weighted by Crippen LogP contribution is -2.39. The Balaban J connectivity index is 1.23. The molecule has 1 aromatic heterocycles. The van der Waals surface area contributed by atoms with Gasteiger partial charge in [-0.05, 0) is 75.2 Å². The van der Waals surface area contributed by atoms with Gasteiger partial charge in [-0.25, -0.2) is 9.59 Å². The van der Waals surface area contributed by atoms with Gasteiger partial charge in [-0.15, -0.1) is 0 Å². The fourth-order valence-electron chi connectivity index (χ4n) is 6.82. The number of nitrogens with zero attached hydrogens (tertiary/aromatic N) is 2. The van der Waals surface area contributed by atoms with E-state index in [1.54, 1.807) is 24.5 Å². The van der Waals surface area contributed by atoms with Crippen LogP contribution in [0.15, 0.2) is 16.9 Å². The normalized spacial score (nSPS) is 25.2. The van der Waals surface area contributed by atoms with Crippen molar-refractivity contribution >= 4 is 31.8 Å². The summed E-state index contributed by atoms with van der Waals surface area (Å²) in [5.74, 6) is 0.923. The summed E-state index contributed by atoms with van der Waals surface area (Å²) in [6.07, 6.45) is 12.0. The first kappa shape index (κ1) is 31.0.